The van der Waals surface area contributed by atoms with E-state index in [1.54, 1.807) is 11.1 Å². The molecule has 1 aliphatic carbocycles. The number of nitrogens with zero attached hydrogens (tertiary/aromatic N) is 4. The van der Waals surface area contributed by atoms with E-state index in [1.165, 1.54) is 72.9 Å². The fourth-order valence-electron chi connectivity index (χ4n) is 4.85. The number of ether oxygens (including phenoxy) is 1. The van der Waals surface area contributed by atoms with Crippen LogP contribution in [-0.4, -0.2) is 24.6 Å². The van der Waals surface area contributed by atoms with Crippen molar-refractivity contribution >= 4 is 51.3 Å². The lowest BCUT2D eigenvalue weighted by Crippen LogP contribution is -2.28. The highest BCUT2D eigenvalue weighted by Crippen LogP contribution is 2.33. The van der Waals surface area contributed by atoms with Gasteiger partial charge in [0.25, 0.3) is 0 Å². The van der Waals surface area contributed by atoms with Crippen molar-refractivity contribution < 1.29 is 18.8 Å². The number of hydrogen-bond donors (Lipinski definition) is 1. The van der Waals surface area contributed by atoms with Gasteiger partial charge < -0.3 is 14.9 Å². The normalized spacial score (nSPS) is 14.0. The van der Waals surface area contributed by atoms with Crippen LogP contribution in [0.5, 0.6) is 0 Å². The molecule has 0 aromatic heterocycles. The van der Waals surface area contributed by atoms with Gasteiger partial charge >= 0.3 is 6.03 Å². The zero-order valence-corrected chi connectivity index (χ0v) is 22.6. The molecule has 0 bridgehead atoms. The first-order valence-corrected chi connectivity index (χ1v) is 13.2. The van der Waals surface area contributed by atoms with Gasteiger partial charge in [-0.25, -0.2) is 9.18 Å². The SMILES string of the molecule is CON=NCc1cc(NC(=O)N2C=COC=N2)c(F)cc1Cl.c1ccc2c(c1)ccc1c3c(ccc12)CCCC3. The molecule has 8 nitrogen and oxygen atoms in total. The minimum absolute atomic E-state index is 0.0629. The van der Waals surface area contributed by atoms with Gasteiger partial charge in [-0.1, -0.05) is 60.1 Å². The quantitative estimate of drug-likeness (QED) is 0.155. The summed E-state index contributed by atoms with van der Waals surface area (Å²) in [6.07, 6.45) is 8.81. The Kier molecular flexibility index (Phi) is 8.51. The van der Waals surface area contributed by atoms with E-state index in [0.717, 1.165) is 17.5 Å². The van der Waals surface area contributed by atoms with E-state index in [9.17, 15) is 9.18 Å². The van der Waals surface area contributed by atoms with E-state index < -0.39 is 11.8 Å². The molecule has 2 amide bonds. The Hall–Kier alpha value is -4.50. The second-order valence-electron chi connectivity index (χ2n) is 9.20. The molecule has 0 radical (unpaired) electrons. The summed E-state index contributed by atoms with van der Waals surface area (Å²) in [6, 6.07) is 19.7. The average Bonchev–Trinajstić information content (AvgIpc) is 3.00. The van der Waals surface area contributed by atoms with Crippen LogP contribution in [0.1, 0.15) is 29.5 Å². The molecule has 6 rings (SSSR count). The molecule has 1 N–H and O–H groups in total. The van der Waals surface area contributed by atoms with E-state index in [2.05, 4.69) is 74.2 Å². The molecule has 0 atom stereocenters. The van der Waals surface area contributed by atoms with Crippen LogP contribution in [0.4, 0.5) is 14.9 Å². The van der Waals surface area contributed by atoms with E-state index in [-0.39, 0.29) is 17.3 Å². The number of anilines is 1. The smallest absolute Gasteiger partial charge is 0.346 e. The van der Waals surface area contributed by atoms with Crippen molar-refractivity contribution in [2.24, 2.45) is 15.5 Å². The molecular formula is C30H27ClFN5O3. The number of hydrogen-bond acceptors (Lipinski definition) is 6. The molecule has 4 aromatic rings. The maximum absolute atomic E-state index is 13.9. The number of nitrogens with one attached hydrogen (secondary N) is 1. The first-order chi connectivity index (χ1) is 19.5. The van der Waals surface area contributed by atoms with Crippen molar-refractivity contribution in [2.45, 2.75) is 32.2 Å². The van der Waals surface area contributed by atoms with E-state index in [4.69, 9.17) is 16.3 Å². The molecule has 1 aliphatic heterocycles. The second kappa shape index (κ2) is 12.6. The summed E-state index contributed by atoms with van der Waals surface area (Å²) >= 11 is 5.91. The lowest BCUT2D eigenvalue weighted by Gasteiger charge is -2.18. The fourth-order valence-corrected chi connectivity index (χ4v) is 5.06. The topological polar surface area (TPSA) is 87.9 Å². The second-order valence-corrected chi connectivity index (χ2v) is 9.60. The number of amides is 2. The summed E-state index contributed by atoms with van der Waals surface area (Å²) in [6.45, 7) is 0.0748. The van der Waals surface area contributed by atoms with Crippen LogP contribution in [0.15, 0.2) is 88.6 Å². The van der Waals surface area contributed by atoms with Gasteiger partial charge in [0.15, 0.2) is 6.40 Å². The third kappa shape index (κ3) is 6.05. The minimum atomic E-state index is -0.688. The number of halogens is 2. The zero-order valence-electron chi connectivity index (χ0n) is 21.8. The van der Waals surface area contributed by atoms with Crippen molar-refractivity contribution in [3.8, 4) is 0 Å². The summed E-state index contributed by atoms with van der Waals surface area (Å²) in [7, 11) is 1.35. The van der Waals surface area contributed by atoms with Crippen molar-refractivity contribution in [3.63, 3.8) is 0 Å². The summed E-state index contributed by atoms with van der Waals surface area (Å²) in [5, 5.41) is 19.8. The van der Waals surface area contributed by atoms with Gasteiger partial charge in [0.2, 0.25) is 0 Å². The van der Waals surface area contributed by atoms with Crippen LogP contribution in [0.25, 0.3) is 21.5 Å². The van der Waals surface area contributed by atoms with Crippen molar-refractivity contribution in [1.29, 1.82) is 0 Å². The Morgan fingerprint density at radius 2 is 1.93 bits per heavy atom. The molecule has 1 heterocycles. The Morgan fingerprint density at radius 3 is 2.75 bits per heavy atom. The highest BCUT2D eigenvalue weighted by molar-refractivity contribution is 6.31. The van der Waals surface area contributed by atoms with Gasteiger partial charge in [-0.15, -0.1) is 10.2 Å². The summed E-state index contributed by atoms with van der Waals surface area (Å²) in [4.78, 5) is 16.3. The van der Waals surface area contributed by atoms with E-state index in [1.807, 2.05) is 0 Å². The first kappa shape index (κ1) is 27.1. The maximum Gasteiger partial charge on any atom is 0.346 e. The highest BCUT2D eigenvalue weighted by atomic mass is 35.5. The van der Waals surface area contributed by atoms with Gasteiger partial charge in [-0.05, 0) is 76.1 Å². The molecule has 4 aromatic carbocycles. The van der Waals surface area contributed by atoms with Crippen molar-refractivity contribution in [1.82, 2.24) is 5.01 Å². The molecule has 0 saturated carbocycles. The number of hydrazone groups is 1. The molecule has 0 fully saturated rings. The van der Waals surface area contributed by atoms with Crippen molar-refractivity contribution in [3.05, 3.63) is 101 Å². The van der Waals surface area contributed by atoms with Gasteiger partial charge in [-0.3, -0.25) is 0 Å². The number of urea groups is 1. The van der Waals surface area contributed by atoms with Gasteiger partial charge in [0, 0.05) is 10.3 Å². The molecule has 0 saturated heterocycles. The standard InChI is InChI=1S/C18H16.C12H11ClFN5O3/c1-3-7-15-13(5-1)9-11-18-16-8-4-2-6-14(16)10-12-17(15)18;1-21-18-15-6-8-4-11(10(14)5-9(8)13)17-12(20)19-2-3-22-7-16-19/h1,3,5,7,9-12H,2,4,6,8H2;2-5,7H,6H2,1H3,(H,17,20). The number of carbonyl (C=O) groups excluding carboxylic acids is 1. The van der Waals surface area contributed by atoms with Crippen LogP contribution in [0.3, 0.4) is 0 Å². The third-order valence-electron chi connectivity index (χ3n) is 6.74. The van der Waals surface area contributed by atoms with Crippen LogP contribution in [-0.2, 0) is 29.0 Å². The lowest BCUT2D eigenvalue weighted by atomic mass is 9.86. The number of fused-ring (bicyclic) bond motifs is 5. The lowest BCUT2D eigenvalue weighted by molar-refractivity contribution is 0.185. The number of aryl methyl sites for hydroxylation is 2. The van der Waals surface area contributed by atoms with E-state index in [0.29, 0.717) is 5.56 Å². The monoisotopic (exact) mass is 559 g/mol. The number of benzene rings is 4. The predicted octanol–water partition coefficient (Wildman–Crippen LogP) is 8.14. The molecule has 2 aliphatic rings. The molecule has 204 valence electrons. The summed E-state index contributed by atoms with van der Waals surface area (Å²) < 4.78 is 18.6. The van der Waals surface area contributed by atoms with Crippen molar-refractivity contribution in [2.75, 3.05) is 12.4 Å². The fraction of sp³-hybridized carbons (Fsp3) is 0.200. The predicted molar refractivity (Wildman–Crippen MR) is 155 cm³/mol. The average molecular weight is 560 g/mol. The van der Waals surface area contributed by atoms with Gasteiger partial charge in [0.05, 0.1) is 18.4 Å². The molecule has 0 spiro atoms. The number of carbonyl (C=O) groups is 1. The molecule has 40 heavy (non-hydrogen) atoms. The Morgan fingerprint density at radius 1 is 1.10 bits per heavy atom. The first-order valence-electron chi connectivity index (χ1n) is 12.8. The molecule has 10 heteroatoms. The van der Waals surface area contributed by atoms with Crippen LogP contribution < -0.4 is 5.32 Å². The van der Waals surface area contributed by atoms with Crippen LogP contribution in [0.2, 0.25) is 5.02 Å². The third-order valence-corrected chi connectivity index (χ3v) is 7.09. The summed E-state index contributed by atoms with van der Waals surface area (Å²) in [5.41, 5.74) is 3.58. The maximum atomic E-state index is 13.9. The van der Waals surface area contributed by atoms with Gasteiger partial charge in [0.1, 0.15) is 19.2 Å². The molecular weight excluding hydrogens is 533 g/mol. The van der Waals surface area contributed by atoms with E-state index >= 15 is 0 Å². The Balaban J connectivity index is 0.000000164. The minimum Gasteiger partial charge on any atom is -0.450 e. The van der Waals surface area contributed by atoms with Crippen LogP contribution in [0, 0.1) is 5.82 Å². The van der Waals surface area contributed by atoms with Gasteiger partial charge in [-0.2, -0.15) is 5.01 Å². The van der Waals surface area contributed by atoms with Crippen LogP contribution >= 0.6 is 11.6 Å². The zero-order chi connectivity index (χ0) is 27.9. The summed E-state index contributed by atoms with van der Waals surface area (Å²) in [5.74, 6) is -0.688. The number of rotatable bonds is 4. The Labute approximate surface area is 235 Å². The largest absolute Gasteiger partial charge is 0.450 e. The highest BCUT2D eigenvalue weighted by Gasteiger charge is 2.16. The Bertz CT molecular complexity index is 1630. The molecule has 0 unspecified atom stereocenters.